The van der Waals surface area contributed by atoms with Crippen LogP contribution in [0.5, 0.6) is 5.75 Å². The van der Waals surface area contributed by atoms with Gasteiger partial charge < -0.3 is 10.1 Å². The summed E-state index contributed by atoms with van der Waals surface area (Å²) in [7, 11) is 0. The van der Waals surface area contributed by atoms with Crippen LogP contribution in [0, 0.1) is 10.1 Å². The Balaban J connectivity index is 1.77. The number of non-ortho nitro benzene ring substituents is 1. The Morgan fingerprint density at radius 2 is 2.00 bits per heavy atom. The Morgan fingerprint density at radius 3 is 2.70 bits per heavy atom. The summed E-state index contributed by atoms with van der Waals surface area (Å²) in [5.41, 5.74) is 3.11. The van der Waals surface area contributed by atoms with Crippen LogP contribution in [-0.4, -0.2) is 27.6 Å². The van der Waals surface area contributed by atoms with Gasteiger partial charge in [0, 0.05) is 23.3 Å². The molecule has 2 aromatic carbocycles. The smallest absolute Gasteiger partial charge is 0.270 e. The molecule has 0 aliphatic carbocycles. The van der Waals surface area contributed by atoms with Gasteiger partial charge in [-0.3, -0.25) is 20.0 Å². The number of fused-ring (bicyclic) bond motifs is 1. The fourth-order valence-corrected chi connectivity index (χ4v) is 3.24. The van der Waals surface area contributed by atoms with Crippen molar-refractivity contribution in [1.82, 2.24) is 15.5 Å². The Kier molecular flexibility index (Phi) is 4.08. The minimum Gasteiger partial charge on any atom is -0.494 e. The van der Waals surface area contributed by atoms with E-state index < -0.39 is 11.0 Å². The van der Waals surface area contributed by atoms with Crippen molar-refractivity contribution in [3.63, 3.8) is 0 Å². The number of amides is 1. The van der Waals surface area contributed by atoms with Gasteiger partial charge in [-0.15, -0.1) is 0 Å². The van der Waals surface area contributed by atoms with Gasteiger partial charge >= 0.3 is 0 Å². The predicted octanol–water partition coefficient (Wildman–Crippen LogP) is 3.22. The number of nitro groups is 1. The molecular formula is C19H16N4O4. The first-order chi connectivity index (χ1) is 13.1. The number of nitro benzene ring substituents is 1. The molecule has 8 heteroatoms. The second kappa shape index (κ2) is 6.56. The van der Waals surface area contributed by atoms with Crippen LogP contribution in [0.15, 0.2) is 48.5 Å². The van der Waals surface area contributed by atoms with Crippen LogP contribution in [0.1, 0.15) is 34.6 Å². The normalized spacial score (nSPS) is 15.3. The van der Waals surface area contributed by atoms with Gasteiger partial charge in [-0.1, -0.05) is 12.1 Å². The maximum Gasteiger partial charge on any atom is 0.270 e. The van der Waals surface area contributed by atoms with E-state index in [0.717, 1.165) is 11.3 Å². The molecule has 1 aliphatic rings. The van der Waals surface area contributed by atoms with E-state index in [1.165, 1.54) is 12.1 Å². The van der Waals surface area contributed by atoms with Crippen molar-refractivity contribution < 1.29 is 14.5 Å². The molecular weight excluding hydrogens is 348 g/mol. The molecule has 1 aromatic heterocycles. The summed E-state index contributed by atoms with van der Waals surface area (Å²) >= 11 is 0. The van der Waals surface area contributed by atoms with Crippen molar-refractivity contribution in [3.8, 4) is 17.0 Å². The number of ether oxygens (including phenoxy) is 1. The highest BCUT2D eigenvalue weighted by Gasteiger charge is 2.35. The minimum absolute atomic E-state index is 0.0266. The topological polar surface area (TPSA) is 110 Å². The Bertz CT molecular complexity index is 1030. The summed E-state index contributed by atoms with van der Waals surface area (Å²) < 4.78 is 5.46. The summed E-state index contributed by atoms with van der Waals surface area (Å²) in [5.74, 6) is 0.462. The molecule has 1 aliphatic heterocycles. The number of H-pyrrole nitrogens is 1. The molecule has 3 aromatic rings. The Morgan fingerprint density at radius 1 is 1.22 bits per heavy atom. The molecule has 4 rings (SSSR count). The zero-order valence-corrected chi connectivity index (χ0v) is 14.4. The third kappa shape index (κ3) is 2.91. The summed E-state index contributed by atoms with van der Waals surface area (Å²) in [6.45, 7) is 2.49. The molecule has 27 heavy (non-hydrogen) atoms. The lowest BCUT2D eigenvalue weighted by Crippen LogP contribution is -2.21. The average Bonchev–Trinajstić information content (AvgIpc) is 3.24. The van der Waals surface area contributed by atoms with Gasteiger partial charge in [0.15, 0.2) is 0 Å². The van der Waals surface area contributed by atoms with Gasteiger partial charge in [-0.2, -0.15) is 5.10 Å². The van der Waals surface area contributed by atoms with Gasteiger partial charge in [0.25, 0.3) is 11.6 Å². The number of benzene rings is 2. The van der Waals surface area contributed by atoms with Crippen molar-refractivity contribution in [1.29, 1.82) is 0 Å². The highest BCUT2D eigenvalue weighted by Crippen LogP contribution is 2.38. The lowest BCUT2D eigenvalue weighted by atomic mass is 9.96. The molecule has 1 atom stereocenters. The van der Waals surface area contributed by atoms with E-state index in [1.807, 2.05) is 31.2 Å². The second-order valence-electron chi connectivity index (χ2n) is 6.08. The molecule has 1 amide bonds. The van der Waals surface area contributed by atoms with Gasteiger partial charge in [0.1, 0.15) is 11.4 Å². The molecule has 0 saturated heterocycles. The van der Waals surface area contributed by atoms with Crippen molar-refractivity contribution in [2.45, 2.75) is 13.0 Å². The summed E-state index contributed by atoms with van der Waals surface area (Å²) in [6, 6.07) is 13.2. The zero-order chi connectivity index (χ0) is 19.0. The first-order valence-corrected chi connectivity index (χ1v) is 8.45. The SMILES string of the molecule is CCOc1ccc(-c2n[nH]c3c2C(c2cccc([N+](=O)[O-])c2)NC3=O)cc1. The Labute approximate surface area is 154 Å². The predicted molar refractivity (Wildman–Crippen MR) is 97.6 cm³/mol. The van der Waals surface area contributed by atoms with Gasteiger partial charge in [0.05, 0.1) is 23.3 Å². The van der Waals surface area contributed by atoms with E-state index in [-0.39, 0.29) is 11.6 Å². The molecule has 0 spiro atoms. The quantitative estimate of drug-likeness (QED) is 0.533. The number of hydrogen-bond donors (Lipinski definition) is 2. The van der Waals surface area contributed by atoms with Crippen molar-refractivity contribution in [3.05, 3.63) is 75.5 Å². The lowest BCUT2D eigenvalue weighted by molar-refractivity contribution is -0.384. The van der Waals surface area contributed by atoms with Crippen molar-refractivity contribution >= 4 is 11.6 Å². The largest absolute Gasteiger partial charge is 0.494 e. The monoisotopic (exact) mass is 364 g/mol. The molecule has 0 fully saturated rings. The molecule has 136 valence electrons. The molecule has 2 heterocycles. The molecule has 2 N–H and O–H groups in total. The van der Waals surface area contributed by atoms with Gasteiger partial charge in [-0.05, 0) is 36.8 Å². The number of carbonyl (C=O) groups excluding carboxylic acids is 1. The number of carbonyl (C=O) groups is 1. The van der Waals surface area contributed by atoms with Crippen LogP contribution in [-0.2, 0) is 0 Å². The summed E-state index contributed by atoms with van der Waals surface area (Å²) in [5, 5.41) is 21.0. The average molecular weight is 364 g/mol. The van der Waals surface area contributed by atoms with Crippen LogP contribution in [0.25, 0.3) is 11.3 Å². The molecule has 0 saturated carbocycles. The number of nitrogens with zero attached hydrogens (tertiary/aromatic N) is 2. The van der Waals surface area contributed by atoms with Crippen LogP contribution in [0.3, 0.4) is 0 Å². The van der Waals surface area contributed by atoms with E-state index in [1.54, 1.807) is 12.1 Å². The van der Waals surface area contributed by atoms with Gasteiger partial charge in [-0.25, -0.2) is 0 Å². The first kappa shape index (κ1) is 16.8. The van der Waals surface area contributed by atoms with E-state index in [2.05, 4.69) is 15.5 Å². The van der Waals surface area contributed by atoms with E-state index in [9.17, 15) is 14.9 Å². The fraction of sp³-hybridized carbons (Fsp3) is 0.158. The molecule has 0 bridgehead atoms. The van der Waals surface area contributed by atoms with Gasteiger partial charge in [0.2, 0.25) is 0 Å². The van der Waals surface area contributed by atoms with Crippen LogP contribution < -0.4 is 10.1 Å². The molecule has 0 radical (unpaired) electrons. The third-order valence-electron chi connectivity index (χ3n) is 4.45. The molecule has 1 unspecified atom stereocenters. The lowest BCUT2D eigenvalue weighted by Gasteiger charge is -2.13. The third-order valence-corrected chi connectivity index (χ3v) is 4.45. The minimum atomic E-state index is -0.507. The summed E-state index contributed by atoms with van der Waals surface area (Å²) in [4.78, 5) is 23.0. The first-order valence-electron chi connectivity index (χ1n) is 8.45. The number of aromatic amines is 1. The van der Waals surface area contributed by atoms with Crippen LogP contribution in [0.4, 0.5) is 5.69 Å². The number of nitrogens with one attached hydrogen (secondary N) is 2. The van der Waals surface area contributed by atoms with Crippen LogP contribution >= 0.6 is 0 Å². The van der Waals surface area contributed by atoms with E-state index in [4.69, 9.17) is 4.74 Å². The van der Waals surface area contributed by atoms with Crippen molar-refractivity contribution in [2.75, 3.05) is 6.61 Å². The van der Waals surface area contributed by atoms with Crippen LogP contribution in [0.2, 0.25) is 0 Å². The van der Waals surface area contributed by atoms with E-state index >= 15 is 0 Å². The summed E-state index contributed by atoms with van der Waals surface area (Å²) in [6.07, 6.45) is 0. The number of hydrogen-bond acceptors (Lipinski definition) is 5. The molecule has 8 nitrogen and oxygen atoms in total. The van der Waals surface area contributed by atoms with E-state index in [0.29, 0.717) is 29.1 Å². The zero-order valence-electron chi connectivity index (χ0n) is 14.4. The maximum absolute atomic E-state index is 12.3. The maximum atomic E-state index is 12.3. The highest BCUT2D eigenvalue weighted by atomic mass is 16.6. The fourth-order valence-electron chi connectivity index (χ4n) is 3.24. The second-order valence-corrected chi connectivity index (χ2v) is 6.08. The number of rotatable bonds is 5. The standard InChI is InChI=1S/C19H16N4O4/c1-2-27-14-8-6-11(7-9-14)17-15-16(20-19(24)18(15)22-21-17)12-4-3-5-13(10-12)23(25)26/h3-10,16H,2H2,1H3,(H,20,24)(H,21,22). The van der Waals surface area contributed by atoms with Crippen molar-refractivity contribution in [2.24, 2.45) is 0 Å². The Hall–Kier alpha value is -3.68. The highest BCUT2D eigenvalue weighted by molar-refractivity contribution is 6.00. The number of aromatic nitrogens is 2.